The van der Waals surface area contributed by atoms with Crippen LogP contribution in [0.25, 0.3) is 0 Å². The van der Waals surface area contributed by atoms with E-state index in [4.69, 9.17) is 0 Å². The van der Waals surface area contributed by atoms with Gasteiger partial charge in [-0.3, -0.25) is 9.41 Å². The van der Waals surface area contributed by atoms with Gasteiger partial charge in [-0.1, -0.05) is 0 Å². The van der Waals surface area contributed by atoms with E-state index in [2.05, 4.69) is 9.97 Å². The van der Waals surface area contributed by atoms with Crippen LogP contribution in [0.15, 0.2) is 18.7 Å². The van der Waals surface area contributed by atoms with E-state index < -0.39 is 0 Å². The minimum absolute atomic E-state index is 0. The molecule has 1 aromatic heterocycles. The molecule has 1 heterocycles. The van der Waals surface area contributed by atoms with E-state index in [1.54, 1.807) is 18.7 Å². The lowest BCUT2D eigenvalue weighted by Gasteiger charge is -1.46. The van der Waals surface area contributed by atoms with E-state index in [9.17, 15) is 0 Å². The van der Waals surface area contributed by atoms with Crippen molar-refractivity contribution in [1.82, 2.24) is 9.97 Å². The van der Waals surface area contributed by atoms with Crippen LogP contribution in [-0.4, -0.2) is 9.97 Å². The molecule has 0 saturated carbocycles. The zero-order valence-electron chi connectivity index (χ0n) is 3.90. The Hall–Kier alpha value is -0.580. The molecule has 5 heteroatoms. The molecule has 1 aromatic rings. The molecule has 0 bridgehead atoms. The highest BCUT2D eigenvalue weighted by Crippen LogP contribution is 1.62. The lowest BCUT2D eigenvalue weighted by Crippen LogP contribution is -1.44. The van der Waals surface area contributed by atoms with E-state index in [1.165, 1.54) is 0 Å². The highest BCUT2D eigenvalue weighted by Gasteiger charge is 1.56. The van der Waals surface area contributed by atoms with Crippen LogP contribution in [0, 0.1) is 0 Å². The fourth-order valence-corrected chi connectivity index (χ4v) is 0.215. The van der Waals surface area contributed by atoms with Gasteiger partial charge < -0.3 is 4.98 Å². The molecule has 0 aliphatic heterocycles. The monoisotopic (exact) mass is 140 g/mol. The number of H-pyrrole nitrogens is 1. The molecule has 1 N–H and O–H groups in total. The minimum atomic E-state index is 0. The van der Waals surface area contributed by atoms with Crippen LogP contribution in [0.4, 0.5) is 9.41 Å². The molecule has 0 amide bonds. The normalized spacial score (nSPS) is 5.00. The van der Waals surface area contributed by atoms with Gasteiger partial charge >= 0.3 is 0 Å². The number of aromatic nitrogens is 2. The van der Waals surface area contributed by atoms with Gasteiger partial charge in [0, 0.05) is 25.9 Å². The first-order valence-corrected chi connectivity index (χ1v) is 1.43. The van der Waals surface area contributed by atoms with Gasteiger partial charge in [-0.15, -0.1) is 0 Å². The Morgan fingerprint density at radius 2 is 1.88 bits per heavy atom. The van der Waals surface area contributed by atoms with Gasteiger partial charge in [0.1, 0.15) is 0 Å². The number of nitrogens with zero attached hydrogens (tertiary/aromatic N) is 1. The van der Waals surface area contributed by atoms with E-state index in [0.29, 0.717) is 0 Å². The van der Waals surface area contributed by atoms with Crippen LogP contribution < -0.4 is 0 Å². The zero-order chi connectivity index (χ0) is 3.54. The van der Waals surface area contributed by atoms with Crippen molar-refractivity contribution in [3.63, 3.8) is 0 Å². The van der Waals surface area contributed by atoms with Gasteiger partial charge in [-0.2, -0.15) is 0 Å². The van der Waals surface area contributed by atoms with E-state index in [1.807, 2.05) is 0 Å². The summed E-state index contributed by atoms with van der Waals surface area (Å²) in [6.45, 7) is 0. The number of aromatic amines is 1. The highest BCUT2D eigenvalue weighted by molar-refractivity contribution is 7.59. The maximum atomic E-state index is 3.67. The minimum Gasteiger partial charge on any atom is -0.351 e. The number of halogens is 2. The third kappa shape index (κ3) is 5.42. The molecule has 0 fully saturated rings. The summed E-state index contributed by atoms with van der Waals surface area (Å²) in [7, 11) is 0. The van der Waals surface area contributed by atoms with Crippen molar-refractivity contribution in [2.75, 3.05) is 0 Å². The maximum absolute atomic E-state index is 3.67. The molecule has 0 saturated heterocycles. The molecule has 8 heavy (non-hydrogen) atoms. The van der Waals surface area contributed by atoms with Gasteiger partial charge in [0.2, 0.25) is 0 Å². The first-order chi connectivity index (χ1) is 2.50. The Morgan fingerprint density at radius 1 is 1.25 bits per heavy atom. The summed E-state index contributed by atoms with van der Waals surface area (Å²) >= 11 is 0. The second-order valence-electron chi connectivity index (χ2n) is 0.761. The third-order valence-electron chi connectivity index (χ3n) is 0.406. The quantitative estimate of drug-likeness (QED) is 0.579. The molecule has 2 nitrogen and oxygen atoms in total. The Balaban J connectivity index is -0.0000000833. The van der Waals surface area contributed by atoms with E-state index >= 15 is 0 Å². The number of imidazole rings is 1. The molecule has 48 valence electrons. The molecule has 0 unspecified atom stereocenters. The smallest absolute Gasteiger partial charge is 0.0919 e. The van der Waals surface area contributed by atoms with Crippen LogP contribution in [0.5, 0.6) is 0 Å². The fourth-order valence-electron chi connectivity index (χ4n) is 0.215. The number of nitrogens with one attached hydrogen (secondary N) is 1. The van der Waals surface area contributed by atoms with Gasteiger partial charge in [0.25, 0.3) is 0 Å². The second-order valence-corrected chi connectivity index (χ2v) is 0.761. The van der Waals surface area contributed by atoms with Crippen LogP contribution in [0.1, 0.15) is 0 Å². The summed E-state index contributed by atoms with van der Waals surface area (Å²) in [6.07, 6.45) is 5.08. The molecular formula is C3H6F2N2S. The predicted molar refractivity (Wildman–Crippen MR) is 31.2 cm³/mol. The molecule has 0 aliphatic carbocycles. The van der Waals surface area contributed by atoms with Crippen molar-refractivity contribution >= 4 is 13.5 Å². The Labute approximate surface area is 52.5 Å². The van der Waals surface area contributed by atoms with Crippen molar-refractivity contribution in [2.45, 2.75) is 0 Å². The lowest BCUT2D eigenvalue weighted by molar-refractivity contribution is 1.11. The van der Waals surface area contributed by atoms with E-state index in [-0.39, 0.29) is 22.9 Å². The van der Waals surface area contributed by atoms with Crippen LogP contribution in [0.3, 0.4) is 0 Å². The van der Waals surface area contributed by atoms with Gasteiger partial charge in [-0.05, 0) is 0 Å². The Kier molecular flexibility index (Phi) is 18.9. The fraction of sp³-hybridized carbons (Fsp3) is 0. The van der Waals surface area contributed by atoms with Gasteiger partial charge in [0.05, 0.1) is 6.33 Å². The summed E-state index contributed by atoms with van der Waals surface area (Å²) < 4.78 is 0. The number of rotatable bonds is 0. The summed E-state index contributed by atoms with van der Waals surface area (Å²) in [4.78, 5) is 6.42. The lowest BCUT2D eigenvalue weighted by atomic mass is 11.0. The molecule has 0 aliphatic rings. The first kappa shape index (κ1) is 15.7. The van der Waals surface area contributed by atoms with Gasteiger partial charge in [-0.25, -0.2) is 4.98 Å². The first-order valence-electron chi connectivity index (χ1n) is 1.43. The Morgan fingerprint density at radius 3 is 2.00 bits per heavy atom. The molecule has 0 atom stereocenters. The van der Waals surface area contributed by atoms with Crippen LogP contribution in [-0.2, 0) is 0 Å². The SMILES string of the molecule is F.F.[S].c1c[nH]cn1. The van der Waals surface area contributed by atoms with Crippen LogP contribution in [0.2, 0.25) is 0 Å². The maximum Gasteiger partial charge on any atom is 0.0919 e. The third-order valence-corrected chi connectivity index (χ3v) is 0.406. The summed E-state index contributed by atoms with van der Waals surface area (Å²) in [6, 6.07) is 0. The van der Waals surface area contributed by atoms with Crippen molar-refractivity contribution in [2.24, 2.45) is 0 Å². The van der Waals surface area contributed by atoms with E-state index in [0.717, 1.165) is 0 Å². The predicted octanol–water partition coefficient (Wildman–Crippen LogP) is 1.36. The molecule has 1 rings (SSSR count). The zero-order valence-corrected chi connectivity index (χ0v) is 4.72. The van der Waals surface area contributed by atoms with Gasteiger partial charge in [0.15, 0.2) is 0 Å². The molecule has 2 radical (unpaired) electrons. The van der Waals surface area contributed by atoms with Crippen molar-refractivity contribution < 1.29 is 9.41 Å². The average Bonchev–Trinajstić information content (AvgIpc) is 1.76. The van der Waals surface area contributed by atoms with Crippen molar-refractivity contribution in [3.05, 3.63) is 18.7 Å². The highest BCUT2D eigenvalue weighted by atomic mass is 32.1. The molecular weight excluding hydrogens is 134 g/mol. The standard InChI is InChI=1S/C3H4N2.2FH.S/c1-2-5-3-4-1;;;/h1-3H,(H,4,5);2*1H;. The summed E-state index contributed by atoms with van der Waals surface area (Å²) in [5, 5.41) is 0. The van der Waals surface area contributed by atoms with Crippen molar-refractivity contribution in [3.8, 4) is 0 Å². The Bertz CT molecular complexity index is 71.8. The average molecular weight is 140 g/mol. The number of hydrogen-bond donors (Lipinski definition) is 1. The summed E-state index contributed by atoms with van der Waals surface area (Å²) in [5.41, 5.74) is 0. The largest absolute Gasteiger partial charge is 0.351 e. The summed E-state index contributed by atoms with van der Waals surface area (Å²) in [5.74, 6) is 0. The van der Waals surface area contributed by atoms with Crippen molar-refractivity contribution in [1.29, 1.82) is 0 Å². The molecule has 0 spiro atoms. The molecule has 0 aromatic carbocycles. The number of hydrogen-bond acceptors (Lipinski definition) is 1. The topological polar surface area (TPSA) is 28.7 Å². The second kappa shape index (κ2) is 9.65. The van der Waals surface area contributed by atoms with Crippen LogP contribution >= 0.6 is 13.5 Å².